The molecule has 6 heteroatoms. The van der Waals surface area contributed by atoms with E-state index < -0.39 is 0 Å². The minimum Gasteiger partial charge on any atom is -0.335 e. The maximum Gasteiger partial charge on any atom is 0.255 e. The minimum absolute atomic E-state index is 0.00924. The molecule has 200 valence electrons. The van der Waals surface area contributed by atoms with Crippen molar-refractivity contribution in [1.82, 2.24) is 14.4 Å². The summed E-state index contributed by atoms with van der Waals surface area (Å²) in [6.45, 7) is 10.4. The largest absolute Gasteiger partial charge is 0.335 e. The first-order chi connectivity index (χ1) is 18.6. The number of benzene rings is 3. The van der Waals surface area contributed by atoms with Gasteiger partial charge in [0.1, 0.15) is 0 Å². The molecule has 5 nitrogen and oxygen atoms in total. The molecule has 0 saturated carbocycles. The van der Waals surface area contributed by atoms with E-state index in [0.717, 1.165) is 22.6 Å². The summed E-state index contributed by atoms with van der Waals surface area (Å²) in [6, 6.07) is 27.5. The first kappa shape index (κ1) is 26.8. The van der Waals surface area contributed by atoms with Crippen molar-refractivity contribution in [1.29, 1.82) is 0 Å². The van der Waals surface area contributed by atoms with Crippen LogP contribution in [-0.2, 0) is 5.41 Å². The Kier molecular flexibility index (Phi) is 7.37. The second-order valence-corrected chi connectivity index (χ2v) is 11.5. The molecule has 2 amide bonds. The van der Waals surface area contributed by atoms with E-state index in [0.29, 0.717) is 42.3 Å². The first-order valence-electron chi connectivity index (χ1n) is 13.4. The topological polar surface area (TPSA) is 45.6 Å². The van der Waals surface area contributed by atoms with Gasteiger partial charge in [-0.15, -0.1) is 0 Å². The highest BCUT2D eigenvalue weighted by Crippen LogP contribution is 2.33. The number of hydrogen-bond donors (Lipinski definition) is 0. The van der Waals surface area contributed by atoms with E-state index in [-0.39, 0.29) is 17.2 Å². The van der Waals surface area contributed by atoms with Crippen LogP contribution < -0.4 is 0 Å². The van der Waals surface area contributed by atoms with Gasteiger partial charge in [-0.1, -0.05) is 87.0 Å². The third-order valence-corrected chi connectivity index (χ3v) is 7.81. The van der Waals surface area contributed by atoms with Crippen LogP contribution >= 0.6 is 11.6 Å². The molecular weight excluding hydrogens is 506 g/mol. The van der Waals surface area contributed by atoms with Gasteiger partial charge in [-0.25, -0.2) is 0 Å². The summed E-state index contributed by atoms with van der Waals surface area (Å²) in [5.41, 5.74) is 6.16. The van der Waals surface area contributed by atoms with Crippen LogP contribution in [0.5, 0.6) is 0 Å². The van der Waals surface area contributed by atoms with Gasteiger partial charge >= 0.3 is 0 Å². The van der Waals surface area contributed by atoms with Crippen molar-refractivity contribution in [2.75, 3.05) is 26.2 Å². The molecule has 1 aliphatic rings. The summed E-state index contributed by atoms with van der Waals surface area (Å²) < 4.78 is 2.06. The normalized spacial score (nSPS) is 14.0. The van der Waals surface area contributed by atoms with Gasteiger partial charge in [-0.05, 0) is 53.8 Å². The summed E-state index contributed by atoms with van der Waals surface area (Å²) in [4.78, 5) is 30.6. The number of piperazine rings is 1. The summed E-state index contributed by atoms with van der Waals surface area (Å²) in [5.74, 6) is -0.0212. The third kappa shape index (κ3) is 5.37. The molecule has 0 radical (unpaired) electrons. The Balaban J connectivity index is 1.36. The van der Waals surface area contributed by atoms with Crippen LogP contribution in [-0.4, -0.2) is 52.4 Å². The number of aromatic nitrogens is 1. The molecule has 1 fully saturated rings. The van der Waals surface area contributed by atoms with Gasteiger partial charge in [0.05, 0.1) is 22.0 Å². The Morgan fingerprint density at radius 3 is 1.90 bits per heavy atom. The SMILES string of the molecule is Cc1c(C(=O)N2CCN(C(=O)c3ccc(C(C)(C)C)cc3)CC2)cc(-c2ccccc2)n1-c1ccccc1Cl. The van der Waals surface area contributed by atoms with Gasteiger partial charge < -0.3 is 14.4 Å². The number of para-hydroxylation sites is 1. The quantitative estimate of drug-likeness (QED) is 0.280. The lowest BCUT2D eigenvalue weighted by Gasteiger charge is -2.35. The molecule has 39 heavy (non-hydrogen) atoms. The van der Waals surface area contributed by atoms with Crippen LogP contribution in [0.1, 0.15) is 52.7 Å². The highest BCUT2D eigenvalue weighted by atomic mass is 35.5. The van der Waals surface area contributed by atoms with Crippen LogP contribution in [0.15, 0.2) is 84.9 Å². The number of nitrogens with zero attached hydrogens (tertiary/aromatic N) is 3. The van der Waals surface area contributed by atoms with Crippen LogP contribution in [0.3, 0.4) is 0 Å². The van der Waals surface area contributed by atoms with Crippen molar-refractivity contribution in [3.63, 3.8) is 0 Å². The molecule has 0 unspecified atom stereocenters. The van der Waals surface area contributed by atoms with E-state index in [1.54, 1.807) is 0 Å². The molecule has 2 heterocycles. The highest BCUT2D eigenvalue weighted by Gasteiger charge is 2.29. The number of amides is 2. The maximum atomic E-state index is 13.8. The lowest BCUT2D eigenvalue weighted by atomic mass is 9.86. The van der Waals surface area contributed by atoms with E-state index in [9.17, 15) is 9.59 Å². The zero-order valence-corrected chi connectivity index (χ0v) is 23.7. The Labute approximate surface area is 235 Å². The van der Waals surface area contributed by atoms with Crippen molar-refractivity contribution in [2.45, 2.75) is 33.1 Å². The van der Waals surface area contributed by atoms with Crippen LogP contribution in [0.2, 0.25) is 5.02 Å². The number of hydrogen-bond acceptors (Lipinski definition) is 2. The van der Waals surface area contributed by atoms with Crippen molar-refractivity contribution in [2.24, 2.45) is 0 Å². The first-order valence-corrected chi connectivity index (χ1v) is 13.7. The van der Waals surface area contributed by atoms with Gasteiger partial charge in [-0.2, -0.15) is 0 Å². The number of halogens is 1. The zero-order valence-electron chi connectivity index (χ0n) is 22.9. The van der Waals surface area contributed by atoms with Crippen molar-refractivity contribution in [3.05, 3.63) is 112 Å². The Bertz CT molecular complexity index is 1490. The summed E-state index contributed by atoms with van der Waals surface area (Å²) in [7, 11) is 0. The molecular formula is C33H34ClN3O2. The summed E-state index contributed by atoms with van der Waals surface area (Å²) >= 11 is 6.60. The van der Waals surface area contributed by atoms with Gasteiger partial charge in [0.2, 0.25) is 0 Å². The molecule has 3 aromatic carbocycles. The molecule has 4 aromatic rings. The molecule has 0 bridgehead atoms. The number of carbonyl (C=O) groups excluding carboxylic acids is 2. The van der Waals surface area contributed by atoms with E-state index in [4.69, 9.17) is 11.6 Å². The van der Waals surface area contributed by atoms with Crippen LogP contribution in [0.25, 0.3) is 16.9 Å². The Hall–Kier alpha value is -3.83. The van der Waals surface area contributed by atoms with Crippen LogP contribution in [0, 0.1) is 6.92 Å². The van der Waals surface area contributed by atoms with E-state index in [1.807, 2.05) is 102 Å². The molecule has 1 aliphatic heterocycles. The molecule has 0 spiro atoms. The predicted molar refractivity (Wildman–Crippen MR) is 158 cm³/mol. The minimum atomic E-state index is -0.0305. The summed E-state index contributed by atoms with van der Waals surface area (Å²) in [5, 5.41) is 0.620. The molecule has 0 N–H and O–H groups in total. The average Bonchev–Trinajstić information content (AvgIpc) is 3.29. The van der Waals surface area contributed by atoms with Crippen molar-refractivity contribution >= 4 is 23.4 Å². The molecule has 0 aliphatic carbocycles. The molecule has 5 rings (SSSR count). The molecule has 1 aromatic heterocycles. The van der Waals surface area contributed by atoms with Crippen molar-refractivity contribution in [3.8, 4) is 16.9 Å². The van der Waals surface area contributed by atoms with E-state index in [1.165, 1.54) is 5.56 Å². The Morgan fingerprint density at radius 2 is 1.31 bits per heavy atom. The predicted octanol–water partition coefficient (Wildman–Crippen LogP) is 7.00. The number of rotatable bonds is 4. The second kappa shape index (κ2) is 10.7. The van der Waals surface area contributed by atoms with Gasteiger partial charge in [-0.3, -0.25) is 9.59 Å². The van der Waals surface area contributed by atoms with Gasteiger partial charge in [0, 0.05) is 37.4 Å². The standard InChI is InChI=1S/C33H34ClN3O2/c1-23-27(22-30(24-10-6-5-7-11-24)37(23)29-13-9-8-12-28(29)34)32(39)36-20-18-35(19-21-36)31(38)25-14-16-26(17-15-25)33(2,3)4/h5-17,22H,18-21H2,1-4H3. The van der Waals surface area contributed by atoms with E-state index >= 15 is 0 Å². The smallest absolute Gasteiger partial charge is 0.255 e. The number of carbonyl (C=O) groups is 2. The van der Waals surface area contributed by atoms with Gasteiger partial charge in [0.25, 0.3) is 11.8 Å². The zero-order chi connectivity index (χ0) is 27.7. The Morgan fingerprint density at radius 1 is 0.744 bits per heavy atom. The lowest BCUT2D eigenvalue weighted by Crippen LogP contribution is -2.50. The average molecular weight is 540 g/mol. The lowest BCUT2D eigenvalue weighted by molar-refractivity contribution is 0.0535. The molecule has 1 saturated heterocycles. The maximum absolute atomic E-state index is 13.8. The van der Waals surface area contributed by atoms with Gasteiger partial charge in [0.15, 0.2) is 0 Å². The fourth-order valence-corrected chi connectivity index (χ4v) is 5.39. The second-order valence-electron chi connectivity index (χ2n) is 11.1. The molecule has 0 atom stereocenters. The van der Waals surface area contributed by atoms with E-state index in [2.05, 4.69) is 25.3 Å². The van der Waals surface area contributed by atoms with Crippen LogP contribution in [0.4, 0.5) is 0 Å². The fraction of sp³-hybridized carbons (Fsp3) is 0.273. The monoisotopic (exact) mass is 539 g/mol. The fourth-order valence-electron chi connectivity index (χ4n) is 5.17. The third-order valence-electron chi connectivity index (χ3n) is 7.49. The highest BCUT2D eigenvalue weighted by molar-refractivity contribution is 6.32. The summed E-state index contributed by atoms with van der Waals surface area (Å²) in [6.07, 6.45) is 0. The van der Waals surface area contributed by atoms with Crippen molar-refractivity contribution < 1.29 is 9.59 Å².